The summed E-state index contributed by atoms with van der Waals surface area (Å²) in [5.41, 5.74) is 3.61. The van der Waals surface area contributed by atoms with Crippen molar-refractivity contribution in [2.75, 3.05) is 0 Å². The summed E-state index contributed by atoms with van der Waals surface area (Å²) in [6.07, 6.45) is 0. The summed E-state index contributed by atoms with van der Waals surface area (Å²) in [6.45, 7) is 2.03. The number of aromatic nitrogens is 4. The van der Waals surface area contributed by atoms with Gasteiger partial charge in [0.05, 0.1) is 0 Å². The lowest BCUT2D eigenvalue weighted by Gasteiger charge is -2.09. The molecule has 0 unspecified atom stereocenters. The second-order valence-corrected chi connectivity index (χ2v) is 7.74. The molecule has 0 saturated carbocycles. The van der Waals surface area contributed by atoms with Gasteiger partial charge in [-0.1, -0.05) is 64.1 Å². The van der Waals surface area contributed by atoms with Crippen molar-refractivity contribution in [3.05, 3.63) is 80.6 Å². The van der Waals surface area contributed by atoms with E-state index in [1.807, 2.05) is 43.3 Å². The van der Waals surface area contributed by atoms with E-state index in [0.717, 1.165) is 21.4 Å². The van der Waals surface area contributed by atoms with Crippen molar-refractivity contribution in [1.82, 2.24) is 19.6 Å². The van der Waals surface area contributed by atoms with Crippen LogP contribution in [0.2, 0.25) is 0 Å². The number of halogens is 1. The lowest BCUT2D eigenvalue weighted by molar-refractivity contribution is 0.766. The predicted molar refractivity (Wildman–Crippen MR) is 107 cm³/mol. The number of benzene rings is 2. The molecule has 26 heavy (non-hydrogen) atoms. The third kappa shape index (κ3) is 3.45. The summed E-state index contributed by atoms with van der Waals surface area (Å²) in [6, 6.07) is 17.6. The number of thioether (sulfide) groups is 1. The highest BCUT2D eigenvalue weighted by molar-refractivity contribution is 9.10. The van der Waals surface area contributed by atoms with Crippen molar-refractivity contribution in [3.8, 4) is 11.4 Å². The molecule has 0 radical (unpaired) electrons. The van der Waals surface area contributed by atoms with E-state index in [0.29, 0.717) is 16.6 Å². The summed E-state index contributed by atoms with van der Waals surface area (Å²) in [4.78, 5) is 21.1. The Hall–Kier alpha value is -2.38. The number of aryl methyl sites for hydroxylation is 1. The van der Waals surface area contributed by atoms with Gasteiger partial charge in [-0.25, -0.2) is 14.5 Å². The Morgan fingerprint density at radius 3 is 2.77 bits per heavy atom. The maximum Gasteiger partial charge on any atom is 0.266 e. The van der Waals surface area contributed by atoms with Gasteiger partial charge >= 0.3 is 0 Å². The molecular weight excluding hydrogens is 412 g/mol. The van der Waals surface area contributed by atoms with Crippen molar-refractivity contribution < 1.29 is 0 Å². The number of hydrogen-bond donors (Lipinski definition) is 1. The average Bonchev–Trinajstić information content (AvgIpc) is 3.00. The van der Waals surface area contributed by atoms with Crippen LogP contribution in [0.3, 0.4) is 0 Å². The molecule has 7 heteroatoms. The maximum absolute atomic E-state index is 11.8. The molecule has 0 bridgehead atoms. The van der Waals surface area contributed by atoms with E-state index in [1.54, 1.807) is 16.3 Å². The van der Waals surface area contributed by atoms with Crippen LogP contribution in [0.25, 0.3) is 17.0 Å². The topological polar surface area (TPSA) is 63.1 Å². The number of hydrogen-bond acceptors (Lipinski definition) is 4. The van der Waals surface area contributed by atoms with E-state index in [4.69, 9.17) is 4.98 Å². The zero-order valence-corrected chi connectivity index (χ0v) is 16.3. The van der Waals surface area contributed by atoms with Crippen molar-refractivity contribution in [3.63, 3.8) is 0 Å². The van der Waals surface area contributed by atoms with E-state index in [9.17, 15) is 4.79 Å². The molecule has 0 fully saturated rings. The van der Waals surface area contributed by atoms with Crippen molar-refractivity contribution in [2.24, 2.45) is 0 Å². The summed E-state index contributed by atoms with van der Waals surface area (Å²) in [7, 11) is 0. The third-order valence-corrected chi connectivity index (χ3v) is 5.47. The Labute approximate surface area is 162 Å². The van der Waals surface area contributed by atoms with Gasteiger partial charge in [0.25, 0.3) is 5.56 Å². The monoisotopic (exact) mass is 426 g/mol. The number of rotatable bonds is 4. The molecule has 0 saturated heterocycles. The Morgan fingerprint density at radius 1 is 1.12 bits per heavy atom. The molecule has 0 atom stereocenters. The highest BCUT2D eigenvalue weighted by atomic mass is 79.9. The summed E-state index contributed by atoms with van der Waals surface area (Å²) < 4.78 is 2.69. The summed E-state index contributed by atoms with van der Waals surface area (Å²) in [5.74, 6) is 1.36. The SMILES string of the molecule is Cc1ccccc1-c1nc(SCc2cccc(Br)c2)n2[nH]c(=O)cc2n1. The van der Waals surface area contributed by atoms with Crippen LogP contribution in [-0.4, -0.2) is 19.6 Å². The molecular formula is C19H15BrN4OS. The molecule has 0 spiro atoms. The quantitative estimate of drug-likeness (QED) is 0.489. The molecule has 0 aliphatic carbocycles. The minimum Gasteiger partial charge on any atom is -0.268 e. The van der Waals surface area contributed by atoms with Crippen molar-refractivity contribution in [1.29, 1.82) is 0 Å². The first kappa shape index (κ1) is 17.1. The largest absolute Gasteiger partial charge is 0.268 e. The molecule has 2 aromatic heterocycles. The van der Waals surface area contributed by atoms with Gasteiger partial charge in [-0.15, -0.1) is 0 Å². The van der Waals surface area contributed by atoms with E-state index in [2.05, 4.69) is 38.1 Å². The first-order chi connectivity index (χ1) is 12.6. The smallest absolute Gasteiger partial charge is 0.266 e. The number of H-pyrrole nitrogens is 1. The number of fused-ring (bicyclic) bond motifs is 1. The zero-order chi connectivity index (χ0) is 18.1. The van der Waals surface area contributed by atoms with Crippen molar-refractivity contribution in [2.45, 2.75) is 17.8 Å². The van der Waals surface area contributed by atoms with Gasteiger partial charge in [-0.05, 0) is 30.2 Å². The van der Waals surface area contributed by atoms with Gasteiger partial charge in [0.1, 0.15) is 0 Å². The zero-order valence-electron chi connectivity index (χ0n) is 13.9. The molecule has 1 N–H and O–H groups in total. The van der Waals surface area contributed by atoms with Crippen LogP contribution >= 0.6 is 27.7 Å². The lowest BCUT2D eigenvalue weighted by Crippen LogP contribution is -2.05. The molecule has 130 valence electrons. The Morgan fingerprint density at radius 2 is 1.96 bits per heavy atom. The van der Waals surface area contributed by atoms with Crippen LogP contribution in [0.4, 0.5) is 0 Å². The van der Waals surface area contributed by atoms with Crippen LogP contribution in [0.1, 0.15) is 11.1 Å². The van der Waals surface area contributed by atoms with E-state index in [1.165, 1.54) is 11.6 Å². The van der Waals surface area contributed by atoms with Gasteiger partial charge in [-0.2, -0.15) is 0 Å². The number of nitrogens with one attached hydrogen (secondary N) is 1. The van der Waals surface area contributed by atoms with Gasteiger partial charge < -0.3 is 0 Å². The number of nitrogens with zero attached hydrogens (tertiary/aromatic N) is 3. The average molecular weight is 427 g/mol. The van der Waals surface area contributed by atoms with Crippen LogP contribution in [0.15, 0.2) is 69.0 Å². The normalized spacial score (nSPS) is 11.2. The van der Waals surface area contributed by atoms with E-state index in [-0.39, 0.29) is 5.56 Å². The molecule has 0 aliphatic rings. The molecule has 5 nitrogen and oxygen atoms in total. The molecule has 2 aromatic carbocycles. The standard InChI is InChI=1S/C19H15BrN4OS/c1-12-5-2-3-8-15(12)18-21-16-10-17(25)23-24(16)19(22-18)26-11-13-6-4-7-14(20)9-13/h2-10H,11H2,1H3,(H,23,25). The van der Waals surface area contributed by atoms with Crippen LogP contribution in [0, 0.1) is 6.92 Å². The minimum atomic E-state index is -0.189. The minimum absolute atomic E-state index is 0.189. The Balaban J connectivity index is 1.77. The molecule has 2 heterocycles. The molecule has 0 amide bonds. The second-order valence-electron chi connectivity index (χ2n) is 5.88. The van der Waals surface area contributed by atoms with Gasteiger partial charge in [-0.3, -0.25) is 9.89 Å². The van der Waals surface area contributed by atoms with Crippen LogP contribution in [-0.2, 0) is 5.75 Å². The Bertz CT molecular complexity index is 1150. The summed E-state index contributed by atoms with van der Waals surface area (Å²) >= 11 is 5.05. The van der Waals surface area contributed by atoms with E-state index >= 15 is 0 Å². The lowest BCUT2D eigenvalue weighted by atomic mass is 10.1. The van der Waals surface area contributed by atoms with Crippen LogP contribution in [0.5, 0.6) is 0 Å². The first-order valence-corrected chi connectivity index (χ1v) is 9.81. The highest BCUT2D eigenvalue weighted by Gasteiger charge is 2.13. The molecule has 4 aromatic rings. The van der Waals surface area contributed by atoms with Gasteiger partial charge in [0.2, 0.25) is 0 Å². The molecule has 4 rings (SSSR count). The van der Waals surface area contributed by atoms with Crippen molar-refractivity contribution >= 4 is 33.3 Å². The summed E-state index contributed by atoms with van der Waals surface area (Å²) in [5, 5.41) is 3.48. The Kier molecular flexibility index (Phi) is 4.65. The fourth-order valence-corrected chi connectivity index (χ4v) is 4.04. The van der Waals surface area contributed by atoms with E-state index < -0.39 is 0 Å². The fourth-order valence-electron chi connectivity index (χ4n) is 2.70. The first-order valence-electron chi connectivity index (χ1n) is 8.03. The number of aromatic amines is 1. The van der Waals surface area contributed by atoms with Gasteiger partial charge in [0.15, 0.2) is 16.6 Å². The van der Waals surface area contributed by atoms with Crippen LogP contribution < -0.4 is 5.56 Å². The fraction of sp³-hybridized carbons (Fsp3) is 0.105. The second kappa shape index (κ2) is 7.09. The predicted octanol–water partition coefficient (Wildman–Crippen LogP) is 4.45. The highest BCUT2D eigenvalue weighted by Crippen LogP contribution is 2.26. The third-order valence-electron chi connectivity index (χ3n) is 3.97. The molecule has 0 aliphatic heterocycles. The maximum atomic E-state index is 11.8. The van der Waals surface area contributed by atoms with Gasteiger partial charge in [0, 0.05) is 21.9 Å².